The molecule has 4 rings (SSSR count). The third-order valence-corrected chi connectivity index (χ3v) is 6.17. The van der Waals surface area contributed by atoms with Gasteiger partial charge < -0.3 is 16.4 Å². The van der Waals surface area contributed by atoms with Gasteiger partial charge in [0.2, 0.25) is 5.91 Å². The van der Waals surface area contributed by atoms with E-state index in [9.17, 15) is 22.8 Å². The number of carbonyl (C=O) groups is 2. The number of amides is 2. The van der Waals surface area contributed by atoms with Crippen LogP contribution in [0.15, 0.2) is 60.7 Å². The molecule has 0 bridgehead atoms. The molecule has 0 aliphatic rings. The monoisotopic (exact) mass is 555 g/mol. The summed E-state index contributed by atoms with van der Waals surface area (Å²) in [6, 6.07) is 14.3. The number of nitrogens with zero attached hydrogens (tertiary/aromatic N) is 2. The van der Waals surface area contributed by atoms with Gasteiger partial charge in [-0.25, -0.2) is 9.97 Å². The van der Waals surface area contributed by atoms with E-state index in [4.69, 9.17) is 17.3 Å². The van der Waals surface area contributed by atoms with Gasteiger partial charge in [-0.15, -0.1) is 0 Å². The smallest absolute Gasteiger partial charge is 0.383 e. The maximum atomic E-state index is 13.2. The van der Waals surface area contributed by atoms with Crippen LogP contribution < -0.4 is 16.4 Å². The van der Waals surface area contributed by atoms with E-state index < -0.39 is 23.1 Å². The molecule has 0 saturated carbocycles. The van der Waals surface area contributed by atoms with Crippen molar-refractivity contribution in [3.05, 3.63) is 82.4 Å². The van der Waals surface area contributed by atoms with Gasteiger partial charge in [-0.3, -0.25) is 9.59 Å². The van der Waals surface area contributed by atoms with Gasteiger partial charge in [0.25, 0.3) is 5.91 Å². The Morgan fingerprint density at radius 2 is 1.72 bits per heavy atom. The number of hydrogen-bond acceptors (Lipinski definition) is 5. The second-order valence-corrected chi connectivity index (χ2v) is 10.4. The van der Waals surface area contributed by atoms with Crippen molar-refractivity contribution in [3.63, 3.8) is 0 Å². The highest BCUT2D eigenvalue weighted by Crippen LogP contribution is 2.32. The predicted molar refractivity (Wildman–Crippen MR) is 145 cm³/mol. The zero-order valence-electron chi connectivity index (χ0n) is 21.3. The van der Waals surface area contributed by atoms with Crippen molar-refractivity contribution in [1.82, 2.24) is 15.3 Å². The maximum Gasteiger partial charge on any atom is 0.416 e. The summed E-state index contributed by atoms with van der Waals surface area (Å²) >= 11 is 6.28. The van der Waals surface area contributed by atoms with Crippen LogP contribution in [-0.4, -0.2) is 21.8 Å². The number of fused-ring (bicyclic) bond motifs is 1. The molecule has 0 radical (unpaired) electrons. The lowest BCUT2D eigenvalue weighted by atomic mass is 9.95. The summed E-state index contributed by atoms with van der Waals surface area (Å²) in [6.07, 6.45) is -4.52. The van der Waals surface area contributed by atoms with Crippen molar-refractivity contribution in [2.45, 2.75) is 33.5 Å². The molecule has 39 heavy (non-hydrogen) atoms. The summed E-state index contributed by atoms with van der Waals surface area (Å²) in [5.74, 6) is -0.533. The summed E-state index contributed by atoms with van der Waals surface area (Å²) in [6.45, 7) is 5.62. The van der Waals surface area contributed by atoms with Crippen LogP contribution in [0.5, 0.6) is 0 Å². The van der Waals surface area contributed by atoms with E-state index in [1.807, 2.05) is 0 Å². The van der Waals surface area contributed by atoms with Gasteiger partial charge in [0.1, 0.15) is 5.82 Å². The van der Waals surface area contributed by atoms with Crippen LogP contribution in [0.4, 0.5) is 24.7 Å². The molecular formula is C28H25ClF3N5O2. The Hall–Kier alpha value is -4.18. The summed E-state index contributed by atoms with van der Waals surface area (Å²) < 4.78 is 39.5. The summed E-state index contributed by atoms with van der Waals surface area (Å²) in [5.41, 5.74) is 6.40. The van der Waals surface area contributed by atoms with E-state index in [0.29, 0.717) is 22.2 Å². The summed E-state index contributed by atoms with van der Waals surface area (Å²) in [5, 5.41) is 6.27. The average Bonchev–Trinajstić information content (AvgIpc) is 2.86. The number of benzene rings is 3. The maximum absolute atomic E-state index is 13.2. The van der Waals surface area contributed by atoms with Crippen LogP contribution in [0.25, 0.3) is 22.3 Å². The highest BCUT2D eigenvalue weighted by Gasteiger charge is 2.30. The number of nitrogens with one attached hydrogen (secondary N) is 2. The minimum Gasteiger partial charge on any atom is -0.383 e. The molecule has 202 valence electrons. The molecule has 11 heteroatoms. The number of rotatable bonds is 5. The minimum absolute atomic E-state index is 0.0163. The highest BCUT2D eigenvalue weighted by atomic mass is 35.5. The van der Waals surface area contributed by atoms with Crippen molar-refractivity contribution < 1.29 is 22.8 Å². The molecule has 1 heterocycles. The molecule has 0 unspecified atom stereocenters. The number of nitrogen functional groups attached to an aromatic ring is 1. The second kappa shape index (κ2) is 10.5. The molecule has 4 N–H and O–H groups in total. The first-order valence-electron chi connectivity index (χ1n) is 11.9. The molecule has 1 aromatic heterocycles. The molecule has 0 fully saturated rings. The Kier molecular flexibility index (Phi) is 7.52. The van der Waals surface area contributed by atoms with Crippen molar-refractivity contribution in [2.24, 2.45) is 5.41 Å². The predicted octanol–water partition coefficient (Wildman–Crippen LogP) is 6.47. The SMILES string of the molecule is CC(C)(C)C(=O)NCc1ccc(Cl)c(C(=O)Nc2ccc3c(N)nc(-c4cccc(C(F)(F)F)c4)nc3c2)c1. The zero-order valence-corrected chi connectivity index (χ0v) is 22.0. The fraction of sp³-hybridized carbons (Fsp3) is 0.214. The van der Waals surface area contributed by atoms with Crippen LogP contribution in [0.1, 0.15) is 42.3 Å². The lowest BCUT2D eigenvalue weighted by molar-refractivity contribution is -0.137. The quantitative estimate of drug-likeness (QED) is 0.261. The van der Waals surface area contributed by atoms with E-state index >= 15 is 0 Å². The standard InChI is InChI=1S/C28H25ClF3N5O2/c1-27(2,3)26(39)34-14-15-7-10-21(29)20(11-15)25(38)35-18-8-9-19-22(13-18)36-24(37-23(19)33)16-5-4-6-17(12-16)28(30,31)32/h4-13H,14H2,1-3H3,(H,34,39)(H,35,38)(H2,33,36,37). The molecule has 4 aromatic rings. The number of anilines is 2. The Labute approximate surface area is 227 Å². The number of aromatic nitrogens is 2. The van der Waals surface area contributed by atoms with E-state index in [1.165, 1.54) is 12.1 Å². The average molecular weight is 556 g/mol. The number of carbonyl (C=O) groups excluding carboxylic acids is 2. The van der Waals surface area contributed by atoms with Crippen molar-refractivity contribution in [3.8, 4) is 11.4 Å². The Balaban J connectivity index is 1.59. The Bertz CT molecular complexity index is 1580. The van der Waals surface area contributed by atoms with Gasteiger partial charge in [-0.05, 0) is 48.0 Å². The number of alkyl halides is 3. The number of halogens is 4. The van der Waals surface area contributed by atoms with Gasteiger partial charge >= 0.3 is 6.18 Å². The van der Waals surface area contributed by atoms with Crippen molar-refractivity contribution in [1.29, 1.82) is 0 Å². The van der Waals surface area contributed by atoms with Gasteiger partial charge in [0.05, 0.1) is 21.7 Å². The minimum atomic E-state index is -4.52. The molecule has 7 nitrogen and oxygen atoms in total. The molecule has 0 atom stereocenters. The fourth-order valence-electron chi connectivity index (χ4n) is 3.70. The Morgan fingerprint density at radius 1 is 0.974 bits per heavy atom. The first-order valence-corrected chi connectivity index (χ1v) is 12.2. The van der Waals surface area contributed by atoms with Crippen LogP contribution in [-0.2, 0) is 17.5 Å². The third-order valence-electron chi connectivity index (χ3n) is 5.84. The molecule has 3 aromatic carbocycles. The van der Waals surface area contributed by atoms with Crippen molar-refractivity contribution >= 4 is 45.8 Å². The molecule has 0 aliphatic carbocycles. The molecule has 0 saturated heterocycles. The summed E-state index contributed by atoms with van der Waals surface area (Å²) in [4.78, 5) is 33.8. The van der Waals surface area contributed by atoms with Crippen LogP contribution in [0, 0.1) is 5.41 Å². The van der Waals surface area contributed by atoms with E-state index in [1.54, 1.807) is 57.2 Å². The lowest BCUT2D eigenvalue weighted by Gasteiger charge is -2.18. The zero-order chi connectivity index (χ0) is 28.5. The Morgan fingerprint density at radius 3 is 2.41 bits per heavy atom. The van der Waals surface area contributed by atoms with Crippen molar-refractivity contribution in [2.75, 3.05) is 11.1 Å². The van der Waals surface area contributed by atoms with E-state index in [0.717, 1.165) is 12.1 Å². The van der Waals surface area contributed by atoms with Crippen LogP contribution in [0.3, 0.4) is 0 Å². The topological polar surface area (TPSA) is 110 Å². The number of hydrogen-bond donors (Lipinski definition) is 3. The molecule has 0 aliphatic heterocycles. The first kappa shape index (κ1) is 27.8. The second-order valence-electron chi connectivity index (χ2n) is 9.94. The third kappa shape index (κ3) is 6.46. The van der Waals surface area contributed by atoms with Gasteiger partial charge in [-0.2, -0.15) is 13.2 Å². The fourth-order valence-corrected chi connectivity index (χ4v) is 3.90. The van der Waals surface area contributed by atoms with Gasteiger partial charge in [0, 0.05) is 28.6 Å². The lowest BCUT2D eigenvalue weighted by Crippen LogP contribution is -2.34. The molecular weight excluding hydrogens is 531 g/mol. The molecule has 2 amide bonds. The highest BCUT2D eigenvalue weighted by molar-refractivity contribution is 6.34. The van der Waals surface area contributed by atoms with Crippen LogP contribution >= 0.6 is 11.6 Å². The number of nitrogens with two attached hydrogens (primary N) is 1. The molecule has 0 spiro atoms. The normalized spacial score (nSPS) is 11.9. The van der Waals surface area contributed by atoms with E-state index in [-0.39, 0.29) is 40.2 Å². The van der Waals surface area contributed by atoms with E-state index in [2.05, 4.69) is 20.6 Å². The summed E-state index contributed by atoms with van der Waals surface area (Å²) in [7, 11) is 0. The van der Waals surface area contributed by atoms with Gasteiger partial charge in [0.15, 0.2) is 5.82 Å². The largest absolute Gasteiger partial charge is 0.416 e. The van der Waals surface area contributed by atoms with Crippen LogP contribution in [0.2, 0.25) is 5.02 Å². The van der Waals surface area contributed by atoms with Gasteiger partial charge in [-0.1, -0.05) is 50.6 Å². The first-order chi connectivity index (χ1) is 18.2.